The minimum atomic E-state index is -1.56. The number of hydrogen-bond acceptors (Lipinski definition) is 9. The van der Waals surface area contributed by atoms with Gasteiger partial charge in [0.05, 0.1) is 19.8 Å². The average Bonchev–Trinajstić information content (AvgIpc) is 3.30. The van der Waals surface area contributed by atoms with Crippen molar-refractivity contribution in [2.24, 2.45) is 0 Å². The number of carbonyl (C=O) groups excluding carboxylic acids is 1. The molecule has 1 aliphatic rings. The van der Waals surface area contributed by atoms with Gasteiger partial charge < -0.3 is 39.4 Å². The van der Waals surface area contributed by atoms with Crippen molar-refractivity contribution in [1.82, 2.24) is 0 Å². The number of allylic oxidation sites excluding steroid dienone is 22. The molecule has 1 rings (SSSR count). The molecule has 1 heterocycles. The van der Waals surface area contributed by atoms with Gasteiger partial charge >= 0.3 is 5.97 Å². The van der Waals surface area contributed by atoms with Crippen LogP contribution >= 0.6 is 0 Å². The van der Waals surface area contributed by atoms with E-state index in [1.54, 1.807) is 0 Å². The van der Waals surface area contributed by atoms with Crippen molar-refractivity contribution in [1.29, 1.82) is 0 Å². The van der Waals surface area contributed by atoms with Crippen LogP contribution in [0.5, 0.6) is 0 Å². The molecule has 6 atom stereocenters. The number of rotatable bonds is 39. The summed E-state index contributed by atoms with van der Waals surface area (Å²) in [7, 11) is 0. The number of unbranched alkanes of at least 4 members (excludes halogenated alkanes) is 6. The van der Waals surface area contributed by atoms with Crippen molar-refractivity contribution in [3.8, 4) is 0 Å². The second-order valence-electron chi connectivity index (χ2n) is 15.8. The molecule has 64 heavy (non-hydrogen) atoms. The molecule has 1 fully saturated rings. The molecule has 1 aliphatic heterocycles. The van der Waals surface area contributed by atoms with Crippen LogP contribution in [0.3, 0.4) is 0 Å². The molecule has 0 bridgehead atoms. The van der Waals surface area contributed by atoms with Gasteiger partial charge in [-0.3, -0.25) is 4.79 Å². The van der Waals surface area contributed by atoms with Crippen molar-refractivity contribution in [2.75, 3.05) is 26.4 Å². The minimum absolute atomic E-state index is 0.0976. The summed E-state index contributed by atoms with van der Waals surface area (Å²) in [4.78, 5) is 12.8. The van der Waals surface area contributed by atoms with Crippen LogP contribution in [0.15, 0.2) is 134 Å². The van der Waals surface area contributed by atoms with E-state index in [4.69, 9.17) is 18.9 Å². The molecule has 0 saturated carbocycles. The van der Waals surface area contributed by atoms with E-state index in [0.717, 1.165) is 116 Å². The second-order valence-corrected chi connectivity index (χ2v) is 15.8. The summed E-state index contributed by atoms with van der Waals surface area (Å²) in [6.07, 6.45) is 59.1. The maximum atomic E-state index is 12.8. The zero-order valence-corrected chi connectivity index (χ0v) is 39.5. The van der Waals surface area contributed by atoms with Crippen molar-refractivity contribution in [3.05, 3.63) is 134 Å². The van der Waals surface area contributed by atoms with Crippen molar-refractivity contribution in [2.45, 2.75) is 179 Å². The molecule has 0 aliphatic carbocycles. The zero-order chi connectivity index (χ0) is 46.4. The fraction of sp³-hybridized carbons (Fsp3) is 0.582. The van der Waals surface area contributed by atoms with Crippen LogP contribution in [0.25, 0.3) is 0 Å². The lowest BCUT2D eigenvalue weighted by Gasteiger charge is -2.39. The van der Waals surface area contributed by atoms with Gasteiger partial charge in [-0.25, -0.2) is 0 Å². The first-order valence-electron chi connectivity index (χ1n) is 24.3. The largest absolute Gasteiger partial charge is 0.457 e. The summed E-state index contributed by atoms with van der Waals surface area (Å²) in [6, 6.07) is 0. The van der Waals surface area contributed by atoms with Crippen molar-refractivity contribution in [3.63, 3.8) is 0 Å². The summed E-state index contributed by atoms with van der Waals surface area (Å²) < 4.78 is 22.8. The molecule has 1 saturated heterocycles. The molecule has 0 aromatic rings. The Morgan fingerprint density at radius 2 is 0.906 bits per heavy atom. The van der Waals surface area contributed by atoms with E-state index >= 15 is 0 Å². The fourth-order valence-electron chi connectivity index (χ4n) is 6.34. The number of aliphatic hydroxyl groups excluding tert-OH is 4. The number of esters is 1. The van der Waals surface area contributed by atoms with Gasteiger partial charge in [-0.15, -0.1) is 0 Å². The highest BCUT2D eigenvalue weighted by atomic mass is 16.7. The van der Waals surface area contributed by atoms with Gasteiger partial charge in [-0.05, 0) is 109 Å². The summed E-state index contributed by atoms with van der Waals surface area (Å²) in [5.41, 5.74) is 0. The minimum Gasteiger partial charge on any atom is -0.457 e. The van der Waals surface area contributed by atoms with Crippen LogP contribution in [-0.4, -0.2) is 89.6 Å². The first-order valence-corrected chi connectivity index (χ1v) is 24.3. The van der Waals surface area contributed by atoms with Crippen LogP contribution < -0.4 is 0 Å². The Morgan fingerprint density at radius 1 is 0.500 bits per heavy atom. The Kier molecular flexibility index (Phi) is 40.6. The standard InChI is InChI=1S/C55H86O9/c1-3-5-7-9-11-13-15-17-19-21-23-24-25-27-29-31-33-35-37-39-41-43-45-61-47-49(48-62-55-54(60)53(59)52(58)50(46-56)64-55)63-51(57)44-42-40-38-36-34-32-30-28-26-22-20-18-16-14-12-10-8-6-4-2/h5-8,11-14,17-20,23-24,26-29,32-35,49-50,52-56,58-60H,3-4,9-10,15-16,21-22,25,30-31,36-48H2,1-2H3/b7-5-,8-6-,13-11-,14-12-,19-17-,20-18-,24-23-,28-26-,29-27-,34-32-,35-33-. The van der Waals surface area contributed by atoms with E-state index in [1.807, 2.05) is 0 Å². The summed E-state index contributed by atoms with van der Waals surface area (Å²) in [5, 5.41) is 40.2. The maximum Gasteiger partial charge on any atom is 0.306 e. The lowest BCUT2D eigenvalue weighted by molar-refractivity contribution is -0.305. The topological polar surface area (TPSA) is 135 Å². The molecular formula is C55H86O9. The van der Waals surface area contributed by atoms with E-state index in [1.165, 1.54) is 0 Å². The Bertz CT molecular complexity index is 1430. The molecule has 0 aromatic heterocycles. The van der Waals surface area contributed by atoms with Crippen LogP contribution in [0.4, 0.5) is 0 Å². The second kappa shape index (κ2) is 44.5. The van der Waals surface area contributed by atoms with E-state index in [0.29, 0.717) is 13.0 Å². The first-order chi connectivity index (χ1) is 31.4. The molecule has 9 heteroatoms. The van der Waals surface area contributed by atoms with Gasteiger partial charge in [-0.2, -0.15) is 0 Å². The third-order valence-corrected chi connectivity index (χ3v) is 10.1. The number of aliphatic hydroxyl groups is 4. The van der Waals surface area contributed by atoms with E-state index in [-0.39, 0.29) is 25.6 Å². The lowest BCUT2D eigenvalue weighted by atomic mass is 9.99. The smallest absolute Gasteiger partial charge is 0.306 e. The van der Waals surface area contributed by atoms with Crippen molar-refractivity contribution < 1.29 is 44.2 Å². The van der Waals surface area contributed by atoms with Gasteiger partial charge in [0.15, 0.2) is 6.29 Å². The van der Waals surface area contributed by atoms with Gasteiger partial charge in [0.1, 0.15) is 30.5 Å². The Hall–Kier alpha value is -3.67. The SMILES string of the molecule is CC/C=C\C/C=C\C/C=C\C/C=C\C/C=C\C/C=C\CCCCCOCC(COC1OC(CO)C(O)C(O)C1O)OC(=O)CCCCC/C=C\C/C=C\C/C=C\C/C=C\C/C=C\CC. The molecule has 4 N–H and O–H groups in total. The van der Waals surface area contributed by atoms with E-state index in [2.05, 4.69) is 148 Å². The zero-order valence-electron chi connectivity index (χ0n) is 39.5. The van der Waals surface area contributed by atoms with Crippen LogP contribution in [-0.2, 0) is 23.7 Å². The molecule has 0 radical (unpaired) electrons. The quantitative estimate of drug-likeness (QED) is 0.0270. The van der Waals surface area contributed by atoms with Gasteiger partial charge in [0.2, 0.25) is 0 Å². The Balaban J connectivity index is 2.32. The third-order valence-electron chi connectivity index (χ3n) is 10.1. The molecule has 6 unspecified atom stereocenters. The van der Waals surface area contributed by atoms with Crippen molar-refractivity contribution >= 4 is 5.97 Å². The fourth-order valence-corrected chi connectivity index (χ4v) is 6.34. The lowest BCUT2D eigenvalue weighted by Crippen LogP contribution is -2.59. The summed E-state index contributed by atoms with van der Waals surface area (Å²) in [6.45, 7) is 4.17. The Morgan fingerprint density at radius 3 is 1.33 bits per heavy atom. The van der Waals surface area contributed by atoms with Gasteiger partial charge in [-0.1, -0.05) is 160 Å². The molecular weight excluding hydrogens is 805 g/mol. The highest BCUT2D eigenvalue weighted by Crippen LogP contribution is 2.22. The highest BCUT2D eigenvalue weighted by Gasteiger charge is 2.44. The third kappa shape index (κ3) is 34.7. The average molecular weight is 891 g/mol. The van der Waals surface area contributed by atoms with Crippen LogP contribution in [0.2, 0.25) is 0 Å². The molecule has 0 aromatic carbocycles. The van der Waals surface area contributed by atoms with Crippen LogP contribution in [0, 0.1) is 0 Å². The first kappa shape index (κ1) is 58.3. The van der Waals surface area contributed by atoms with Crippen LogP contribution in [0.1, 0.15) is 142 Å². The number of carbonyl (C=O) groups is 1. The normalized spacial score (nSPS) is 20.8. The molecule has 9 nitrogen and oxygen atoms in total. The molecule has 360 valence electrons. The number of hydrogen-bond donors (Lipinski definition) is 4. The van der Waals surface area contributed by atoms with E-state index < -0.39 is 43.4 Å². The Labute approximate surface area is 388 Å². The highest BCUT2D eigenvalue weighted by molar-refractivity contribution is 5.69. The predicted molar refractivity (Wildman–Crippen MR) is 265 cm³/mol. The van der Waals surface area contributed by atoms with Gasteiger partial charge in [0, 0.05) is 13.0 Å². The monoisotopic (exact) mass is 891 g/mol. The summed E-state index contributed by atoms with van der Waals surface area (Å²) in [5.74, 6) is -0.364. The predicted octanol–water partition coefficient (Wildman–Crippen LogP) is 11.7. The molecule has 0 spiro atoms. The van der Waals surface area contributed by atoms with Gasteiger partial charge in [0.25, 0.3) is 0 Å². The summed E-state index contributed by atoms with van der Waals surface area (Å²) >= 11 is 0. The molecule has 0 amide bonds. The number of ether oxygens (including phenoxy) is 4. The van der Waals surface area contributed by atoms with E-state index in [9.17, 15) is 25.2 Å². The maximum absolute atomic E-state index is 12.8.